The smallest absolute Gasteiger partial charge is 0.316 e. The number of carbonyl (C=O) groups is 1. The zero-order valence-corrected chi connectivity index (χ0v) is 10.4. The maximum Gasteiger partial charge on any atom is 0.316 e. The summed E-state index contributed by atoms with van der Waals surface area (Å²) in [5.74, 6) is 0.723. The van der Waals surface area contributed by atoms with Gasteiger partial charge in [0.15, 0.2) is 0 Å². The van der Waals surface area contributed by atoms with Crippen LogP contribution in [0.3, 0.4) is 0 Å². The number of anilines is 1. The van der Waals surface area contributed by atoms with Gasteiger partial charge in [-0.15, -0.1) is 0 Å². The maximum absolute atomic E-state index is 11.0. The zero-order valence-electron chi connectivity index (χ0n) is 10.4. The third-order valence-corrected chi connectivity index (χ3v) is 2.62. The molecular formula is C13H20N2O. The Morgan fingerprint density at radius 2 is 1.56 bits per heavy atom. The van der Waals surface area contributed by atoms with Crippen LogP contribution in [0.25, 0.3) is 0 Å². The molecular weight excluding hydrogens is 200 g/mol. The average Bonchev–Trinajstić information content (AvgIpc) is 2.16. The van der Waals surface area contributed by atoms with Crippen molar-refractivity contribution in [2.75, 3.05) is 5.32 Å². The van der Waals surface area contributed by atoms with Gasteiger partial charge in [0.2, 0.25) is 0 Å². The number of hydrogen-bond donors (Lipinski definition) is 2. The van der Waals surface area contributed by atoms with E-state index < -0.39 is 6.03 Å². The summed E-state index contributed by atoms with van der Waals surface area (Å²) in [5.41, 5.74) is 8.35. The van der Waals surface area contributed by atoms with Gasteiger partial charge in [0.1, 0.15) is 0 Å². The molecule has 88 valence electrons. The molecule has 3 nitrogen and oxygen atoms in total. The quantitative estimate of drug-likeness (QED) is 0.805. The summed E-state index contributed by atoms with van der Waals surface area (Å²) < 4.78 is 0. The van der Waals surface area contributed by atoms with Crippen LogP contribution in [0.5, 0.6) is 0 Å². The maximum atomic E-state index is 11.0. The molecule has 3 heteroatoms. The molecule has 0 spiro atoms. The lowest BCUT2D eigenvalue weighted by Crippen LogP contribution is -2.21. The van der Waals surface area contributed by atoms with Crippen LogP contribution >= 0.6 is 0 Å². The van der Waals surface area contributed by atoms with E-state index in [0.29, 0.717) is 11.8 Å². The van der Waals surface area contributed by atoms with Gasteiger partial charge in [-0.05, 0) is 23.0 Å². The van der Waals surface area contributed by atoms with Crippen molar-refractivity contribution in [3.8, 4) is 0 Å². The fraction of sp³-hybridized carbons (Fsp3) is 0.462. The van der Waals surface area contributed by atoms with E-state index in [4.69, 9.17) is 5.73 Å². The first-order valence-corrected chi connectivity index (χ1v) is 5.62. The minimum Gasteiger partial charge on any atom is -0.351 e. The summed E-state index contributed by atoms with van der Waals surface area (Å²) in [6.45, 7) is 8.41. The third kappa shape index (κ3) is 2.75. The minimum atomic E-state index is -0.505. The number of primary amides is 1. The molecule has 3 N–H and O–H groups in total. The van der Waals surface area contributed by atoms with Gasteiger partial charge in [-0.2, -0.15) is 0 Å². The van der Waals surface area contributed by atoms with Crippen LogP contribution in [0.2, 0.25) is 0 Å². The highest BCUT2D eigenvalue weighted by Gasteiger charge is 2.14. The fourth-order valence-corrected chi connectivity index (χ4v) is 1.82. The molecule has 1 aromatic carbocycles. The van der Waals surface area contributed by atoms with Crippen molar-refractivity contribution in [1.29, 1.82) is 0 Å². The lowest BCUT2D eigenvalue weighted by atomic mass is 9.93. The predicted octanol–water partition coefficient (Wildman–Crippen LogP) is 3.42. The van der Waals surface area contributed by atoms with E-state index in [1.165, 1.54) is 0 Å². The Balaban J connectivity index is 3.28. The number of nitrogens with two attached hydrogens (primary N) is 1. The SMILES string of the molecule is CC(C)c1cccc(C(C)C)c1NC(N)=O. The lowest BCUT2D eigenvalue weighted by Gasteiger charge is -2.19. The van der Waals surface area contributed by atoms with Crippen LogP contribution in [-0.2, 0) is 0 Å². The standard InChI is InChI=1S/C13H20N2O/c1-8(2)10-6-5-7-11(9(3)4)12(10)15-13(14)16/h5-9H,1-4H3,(H3,14,15,16). The largest absolute Gasteiger partial charge is 0.351 e. The normalized spacial score (nSPS) is 10.9. The Kier molecular flexibility index (Phi) is 3.93. The highest BCUT2D eigenvalue weighted by molar-refractivity contribution is 5.90. The Hall–Kier alpha value is -1.51. The summed E-state index contributed by atoms with van der Waals surface area (Å²) in [5, 5.41) is 2.74. The molecule has 0 saturated carbocycles. The van der Waals surface area contributed by atoms with Crippen LogP contribution < -0.4 is 11.1 Å². The third-order valence-electron chi connectivity index (χ3n) is 2.62. The fourth-order valence-electron chi connectivity index (χ4n) is 1.82. The molecule has 0 fully saturated rings. The van der Waals surface area contributed by atoms with E-state index in [1.54, 1.807) is 0 Å². The van der Waals surface area contributed by atoms with E-state index in [9.17, 15) is 4.79 Å². The van der Waals surface area contributed by atoms with E-state index in [-0.39, 0.29) is 0 Å². The monoisotopic (exact) mass is 220 g/mol. The van der Waals surface area contributed by atoms with Crippen LogP contribution in [0.4, 0.5) is 10.5 Å². The molecule has 0 aromatic heterocycles. The highest BCUT2D eigenvalue weighted by Crippen LogP contribution is 2.32. The van der Waals surface area contributed by atoms with Crippen molar-refractivity contribution in [2.24, 2.45) is 5.73 Å². The molecule has 0 aliphatic rings. The van der Waals surface area contributed by atoms with Crippen molar-refractivity contribution in [3.63, 3.8) is 0 Å². The lowest BCUT2D eigenvalue weighted by molar-refractivity contribution is 0.259. The first kappa shape index (κ1) is 12.6. The summed E-state index contributed by atoms with van der Waals surface area (Å²) in [4.78, 5) is 11.0. The molecule has 1 rings (SSSR count). The first-order chi connectivity index (χ1) is 7.43. The van der Waals surface area contributed by atoms with Gasteiger partial charge in [-0.3, -0.25) is 0 Å². The number of hydrogen-bond acceptors (Lipinski definition) is 1. The van der Waals surface area contributed by atoms with Crippen molar-refractivity contribution in [3.05, 3.63) is 29.3 Å². The number of benzene rings is 1. The van der Waals surface area contributed by atoms with E-state index in [1.807, 2.05) is 18.2 Å². The van der Waals surface area contributed by atoms with E-state index in [0.717, 1.165) is 16.8 Å². The van der Waals surface area contributed by atoms with Crippen molar-refractivity contribution in [2.45, 2.75) is 39.5 Å². The molecule has 0 aliphatic heterocycles. The van der Waals surface area contributed by atoms with Crippen LogP contribution in [0.15, 0.2) is 18.2 Å². The van der Waals surface area contributed by atoms with Gasteiger partial charge < -0.3 is 11.1 Å². The van der Waals surface area contributed by atoms with Crippen LogP contribution in [-0.4, -0.2) is 6.03 Å². The second-order valence-electron chi connectivity index (χ2n) is 4.61. The average molecular weight is 220 g/mol. The number of carbonyl (C=O) groups excluding carboxylic acids is 1. The minimum absolute atomic E-state index is 0.362. The first-order valence-electron chi connectivity index (χ1n) is 5.62. The molecule has 0 bridgehead atoms. The Labute approximate surface area is 97.0 Å². The number of para-hydroxylation sites is 1. The van der Waals surface area contributed by atoms with Gasteiger partial charge >= 0.3 is 6.03 Å². The molecule has 16 heavy (non-hydrogen) atoms. The highest BCUT2D eigenvalue weighted by atomic mass is 16.2. The number of nitrogens with one attached hydrogen (secondary N) is 1. The topological polar surface area (TPSA) is 55.1 Å². The molecule has 0 unspecified atom stereocenters. The number of rotatable bonds is 3. The molecule has 0 atom stereocenters. The molecule has 0 saturated heterocycles. The van der Waals surface area contributed by atoms with E-state index >= 15 is 0 Å². The summed E-state index contributed by atoms with van der Waals surface area (Å²) in [6.07, 6.45) is 0. The summed E-state index contributed by atoms with van der Waals surface area (Å²) in [7, 11) is 0. The Bertz CT molecular complexity index is 357. The molecule has 0 radical (unpaired) electrons. The van der Waals surface area contributed by atoms with Gasteiger partial charge in [0.05, 0.1) is 0 Å². The summed E-state index contributed by atoms with van der Waals surface area (Å²) >= 11 is 0. The van der Waals surface area contributed by atoms with E-state index in [2.05, 4.69) is 33.0 Å². The van der Waals surface area contributed by atoms with Gasteiger partial charge in [0, 0.05) is 5.69 Å². The molecule has 0 heterocycles. The van der Waals surface area contributed by atoms with Gasteiger partial charge in [0.25, 0.3) is 0 Å². The summed E-state index contributed by atoms with van der Waals surface area (Å²) in [6, 6.07) is 5.58. The van der Waals surface area contributed by atoms with Crippen molar-refractivity contribution in [1.82, 2.24) is 0 Å². The van der Waals surface area contributed by atoms with Gasteiger partial charge in [-0.25, -0.2) is 4.79 Å². The predicted molar refractivity (Wildman–Crippen MR) is 67.8 cm³/mol. The number of urea groups is 1. The second-order valence-corrected chi connectivity index (χ2v) is 4.61. The van der Waals surface area contributed by atoms with Gasteiger partial charge in [-0.1, -0.05) is 45.9 Å². The molecule has 1 aromatic rings. The van der Waals surface area contributed by atoms with Crippen molar-refractivity contribution >= 4 is 11.7 Å². The zero-order chi connectivity index (χ0) is 12.3. The second kappa shape index (κ2) is 5.01. The molecule has 0 aliphatic carbocycles. The van der Waals surface area contributed by atoms with Crippen molar-refractivity contribution < 1.29 is 4.79 Å². The van der Waals surface area contributed by atoms with Crippen LogP contribution in [0, 0.1) is 0 Å². The van der Waals surface area contributed by atoms with Crippen LogP contribution in [0.1, 0.15) is 50.7 Å². The Morgan fingerprint density at radius 3 is 1.88 bits per heavy atom. The molecule has 2 amide bonds. The Morgan fingerprint density at radius 1 is 1.12 bits per heavy atom. The number of amides is 2.